The maximum Gasteiger partial charge on any atom is 0.347 e. The third kappa shape index (κ3) is 9.71. The SMILES string of the molecule is CC(C)(C)[C@@H]1OC(=O)[C@@](c2ccccc2)([C@@H](N)[C@@H]2O[C@H](COCc3ccccc3)[C@H](OCc3ccccc3)[C@H](OCc3ccccc3)[C@H]2OCc2ccccc2)O1. The molecule has 0 bridgehead atoms. The van der Waals surface area contributed by atoms with Gasteiger partial charge in [0.05, 0.1) is 39.1 Å². The van der Waals surface area contributed by atoms with Crippen molar-refractivity contribution in [1.29, 1.82) is 0 Å². The summed E-state index contributed by atoms with van der Waals surface area (Å²) in [5.74, 6) is -0.590. The van der Waals surface area contributed by atoms with Crippen LogP contribution in [0.3, 0.4) is 0 Å². The lowest BCUT2D eigenvalue weighted by Crippen LogP contribution is -2.69. The molecule has 0 aromatic heterocycles. The summed E-state index contributed by atoms with van der Waals surface area (Å²) in [6.45, 7) is 7.14. The van der Waals surface area contributed by atoms with Gasteiger partial charge < -0.3 is 38.9 Å². The zero-order valence-corrected chi connectivity index (χ0v) is 32.9. The van der Waals surface area contributed by atoms with Crippen molar-refractivity contribution < 1.29 is 38.0 Å². The van der Waals surface area contributed by atoms with Gasteiger partial charge in [0.1, 0.15) is 30.5 Å². The van der Waals surface area contributed by atoms with Gasteiger partial charge in [-0.15, -0.1) is 0 Å². The molecule has 8 atom stereocenters. The number of carbonyl (C=O) groups excluding carboxylic acids is 1. The lowest BCUT2D eigenvalue weighted by molar-refractivity contribution is -0.284. The first-order valence-corrected chi connectivity index (χ1v) is 19.7. The summed E-state index contributed by atoms with van der Waals surface area (Å²) < 4.78 is 47.1. The molecule has 0 amide bonds. The molecule has 0 aliphatic carbocycles. The zero-order chi connectivity index (χ0) is 39.7. The van der Waals surface area contributed by atoms with Gasteiger partial charge in [0.2, 0.25) is 11.9 Å². The van der Waals surface area contributed by atoms with Crippen molar-refractivity contribution in [3.8, 4) is 0 Å². The third-order valence-electron chi connectivity index (χ3n) is 10.5. The van der Waals surface area contributed by atoms with Crippen LogP contribution in [0, 0.1) is 5.41 Å². The summed E-state index contributed by atoms with van der Waals surface area (Å²) in [7, 11) is 0. The fourth-order valence-electron chi connectivity index (χ4n) is 7.40. The Labute approximate surface area is 336 Å². The van der Waals surface area contributed by atoms with Crippen LogP contribution in [0.2, 0.25) is 0 Å². The summed E-state index contributed by atoms with van der Waals surface area (Å²) in [6, 6.07) is 47.9. The largest absolute Gasteiger partial charge is 0.433 e. The molecule has 7 rings (SSSR count). The Hall–Kier alpha value is -4.71. The molecule has 2 heterocycles. The Morgan fingerprint density at radius 2 is 1.02 bits per heavy atom. The summed E-state index contributed by atoms with van der Waals surface area (Å²) in [5, 5.41) is 0. The minimum atomic E-state index is -1.74. The normalized spacial score (nSPS) is 25.5. The Morgan fingerprint density at radius 1 is 0.596 bits per heavy atom. The topological polar surface area (TPSA) is 108 Å². The van der Waals surface area contributed by atoms with Crippen molar-refractivity contribution in [3.05, 3.63) is 179 Å². The Bertz CT molecular complexity index is 1960. The van der Waals surface area contributed by atoms with E-state index in [2.05, 4.69) is 0 Å². The number of hydrogen-bond acceptors (Lipinski definition) is 9. The minimum absolute atomic E-state index is 0.141. The molecule has 57 heavy (non-hydrogen) atoms. The van der Waals surface area contributed by atoms with Crippen LogP contribution in [0.4, 0.5) is 0 Å². The molecular formula is C48H53NO8. The van der Waals surface area contributed by atoms with E-state index in [1.165, 1.54) is 0 Å². The smallest absolute Gasteiger partial charge is 0.347 e. The number of benzene rings is 5. The number of rotatable bonds is 16. The first kappa shape index (κ1) is 40.5. The van der Waals surface area contributed by atoms with Crippen LogP contribution in [-0.2, 0) is 70.0 Å². The maximum absolute atomic E-state index is 14.4. The molecule has 9 nitrogen and oxygen atoms in total. The highest BCUT2D eigenvalue weighted by atomic mass is 16.8. The van der Waals surface area contributed by atoms with Crippen molar-refractivity contribution in [1.82, 2.24) is 0 Å². The molecule has 2 fully saturated rings. The number of nitrogens with two attached hydrogens (primary N) is 1. The van der Waals surface area contributed by atoms with Crippen LogP contribution in [-0.4, -0.2) is 55.4 Å². The van der Waals surface area contributed by atoms with Crippen molar-refractivity contribution in [2.24, 2.45) is 11.1 Å². The van der Waals surface area contributed by atoms with Gasteiger partial charge in [-0.3, -0.25) is 0 Å². The van der Waals surface area contributed by atoms with Gasteiger partial charge in [0.15, 0.2) is 0 Å². The van der Waals surface area contributed by atoms with E-state index in [1.54, 1.807) is 0 Å². The molecule has 298 valence electrons. The monoisotopic (exact) mass is 771 g/mol. The van der Waals surface area contributed by atoms with Gasteiger partial charge in [-0.25, -0.2) is 4.79 Å². The molecule has 0 spiro atoms. The fourth-order valence-corrected chi connectivity index (χ4v) is 7.40. The van der Waals surface area contributed by atoms with Crippen LogP contribution in [0.1, 0.15) is 48.6 Å². The van der Waals surface area contributed by atoms with E-state index in [9.17, 15) is 4.79 Å². The zero-order valence-electron chi connectivity index (χ0n) is 32.9. The number of cyclic esters (lactones) is 1. The average molecular weight is 772 g/mol. The Balaban J connectivity index is 1.31. The third-order valence-corrected chi connectivity index (χ3v) is 10.5. The first-order valence-electron chi connectivity index (χ1n) is 19.7. The standard InChI is InChI=1S/C48H53NO8/c1-47(2,3)46-56-45(50)48(57-46,38-27-17-8-18-28-38)44(49)43-42(54-32-37-25-15-7-16-26-37)41(53-31-36-23-13-6-14-24-36)40(52-30-35-21-11-5-12-22-35)39(55-43)33-51-29-34-19-9-4-10-20-34/h4-28,39-44,46H,29-33,49H2,1-3H3/t39-,40+,41+,42-,43-,44+,46-,48-/m1/s1. The average Bonchev–Trinajstić information content (AvgIpc) is 3.61. The van der Waals surface area contributed by atoms with E-state index < -0.39 is 59.8 Å². The molecule has 0 unspecified atom stereocenters. The molecule has 5 aromatic carbocycles. The summed E-state index contributed by atoms with van der Waals surface area (Å²) in [4.78, 5) is 14.4. The van der Waals surface area contributed by atoms with Crippen LogP contribution >= 0.6 is 0 Å². The van der Waals surface area contributed by atoms with E-state index >= 15 is 0 Å². The van der Waals surface area contributed by atoms with Crippen molar-refractivity contribution in [2.75, 3.05) is 6.61 Å². The molecule has 2 aliphatic rings. The second kappa shape index (κ2) is 18.7. The predicted octanol–water partition coefficient (Wildman–Crippen LogP) is 7.90. The van der Waals surface area contributed by atoms with Crippen molar-refractivity contribution in [3.63, 3.8) is 0 Å². The molecular weight excluding hydrogens is 719 g/mol. The summed E-state index contributed by atoms with van der Waals surface area (Å²) in [6.07, 6.45) is -4.81. The minimum Gasteiger partial charge on any atom is -0.433 e. The molecule has 0 radical (unpaired) electrons. The van der Waals surface area contributed by atoms with Gasteiger partial charge >= 0.3 is 5.97 Å². The maximum atomic E-state index is 14.4. The van der Waals surface area contributed by atoms with Gasteiger partial charge in [0, 0.05) is 5.41 Å². The molecule has 2 saturated heterocycles. The second-order valence-electron chi connectivity index (χ2n) is 15.8. The first-order chi connectivity index (χ1) is 27.7. The molecule has 5 aromatic rings. The number of esters is 1. The lowest BCUT2D eigenvalue weighted by atomic mass is 9.79. The molecule has 9 heteroatoms. The van der Waals surface area contributed by atoms with Gasteiger partial charge in [0.25, 0.3) is 0 Å². The number of hydrogen-bond donors (Lipinski definition) is 1. The van der Waals surface area contributed by atoms with E-state index in [4.69, 9.17) is 38.9 Å². The van der Waals surface area contributed by atoms with E-state index in [0.717, 1.165) is 22.3 Å². The van der Waals surface area contributed by atoms with E-state index in [1.807, 2.05) is 172 Å². The summed E-state index contributed by atoms with van der Waals surface area (Å²) in [5.41, 5.74) is 9.66. The van der Waals surface area contributed by atoms with Gasteiger partial charge in [-0.1, -0.05) is 172 Å². The van der Waals surface area contributed by atoms with Crippen LogP contribution in [0.15, 0.2) is 152 Å². The van der Waals surface area contributed by atoms with Gasteiger partial charge in [-0.2, -0.15) is 0 Å². The Kier molecular flexibility index (Phi) is 13.3. The molecule has 0 saturated carbocycles. The Morgan fingerprint density at radius 3 is 1.47 bits per heavy atom. The number of carbonyl (C=O) groups is 1. The quantitative estimate of drug-likeness (QED) is 0.100. The van der Waals surface area contributed by atoms with Crippen LogP contribution < -0.4 is 5.73 Å². The van der Waals surface area contributed by atoms with E-state index in [-0.39, 0.29) is 26.4 Å². The predicted molar refractivity (Wildman–Crippen MR) is 216 cm³/mol. The lowest BCUT2D eigenvalue weighted by Gasteiger charge is -2.49. The highest BCUT2D eigenvalue weighted by Crippen LogP contribution is 2.46. The van der Waals surface area contributed by atoms with Crippen LogP contribution in [0.5, 0.6) is 0 Å². The van der Waals surface area contributed by atoms with Gasteiger partial charge in [-0.05, 0) is 27.8 Å². The van der Waals surface area contributed by atoms with Crippen LogP contribution in [0.25, 0.3) is 0 Å². The highest BCUT2D eigenvalue weighted by molar-refractivity contribution is 5.84. The van der Waals surface area contributed by atoms with E-state index in [0.29, 0.717) is 12.2 Å². The molecule has 2 aliphatic heterocycles. The molecule has 2 N–H and O–H groups in total. The summed E-state index contributed by atoms with van der Waals surface area (Å²) >= 11 is 0. The fraction of sp³-hybridized carbons (Fsp3) is 0.354. The second-order valence-corrected chi connectivity index (χ2v) is 15.8. The number of ether oxygens (including phenoxy) is 7. The highest BCUT2D eigenvalue weighted by Gasteiger charge is 2.63. The van der Waals surface area contributed by atoms with Crippen molar-refractivity contribution in [2.45, 2.75) is 95.7 Å². The van der Waals surface area contributed by atoms with Crippen molar-refractivity contribution >= 4 is 5.97 Å².